The summed E-state index contributed by atoms with van der Waals surface area (Å²) in [5.74, 6) is 0.669. The molecule has 0 aromatic heterocycles. The number of carbonyl (C=O) groups excluding carboxylic acids is 1. The van der Waals surface area contributed by atoms with E-state index in [0.29, 0.717) is 17.1 Å². The Hall–Kier alpha value is -3.01. The largest absolute Gasteiger partial charge is 0.488 e. The lowest BCUT2D eigenvalue weighted by Crippen LogP contribution is -2.47. The van der Waals surface area contributed by atoms with Crippen LogP contribution in [0.5, 0.6) is 5.75 Å². The SMILES string of the molecule is N#Cc1ccccc1N1CCN(CCCCNC(=O)C2=Cc3cc(Cl)ccc3OC2)CC1. The fourth-order valence-electron chi connectivity index (χ4n) is 4.11. The summed E-state index contributed by atoms with van der Waals surface area (Å²) in [6, 6.07) is 15.5. The van der Waals surface area contributed by atoms with Crippen LogP contribution in [0.4, 0.5) is 5.69 Å². The Labute approximate surface area is 194 Å². The van der Waals surface area contributed by atoms with Crippen LogP contribution in [0.1, 0.15) is 24.0 Å². The van der Waals surface area contributed by atoms with Crippen molar-refractivity contribution in [3.8, 4) is 11.8 Å². The third kappa shape index (κ3) is 5.42. The number of hydrogen-bond donors (Lipinski definition) is 1. The first-order chi connectivity index (χ1) is 15.6. The van der Waals surface area contributed by atoms with Crippen molar-refractivity contribution in [1.82, 2.24) is 10.2 Å². The van der Waals surface area contributed by atoms with Crippen molar-refractivity contribution >= 4 is 29.3 Å². The molecule has 6 nitrogen and oxygen atoms in total. The number of nitrogens with zero attached hydrogens (tertiary/aromatic N) is 3. The molecule has 2 aliphatic rings. The maximum Gasteiger partial charge on any atom is 0.250 e. The minimum absolute atomic E-state index is 0.0830. The van der Waals surface area contributed by atoms with Crippen LogP contribution in [0.15, 0.2) is 48.0 Å². The highest BCUT2D eigenvalue weighted by Crippen LogP contribution is 2.29. The van der Waals surface area contributed by atoms with E-state index in [0.717, 1.165) is 68.1 Å². The summed E-state index contributed by atoms with van der Waals surface area (Å²) < 4.78 is 5.66. The number of benzene rings is 2. The minimum atomic E-state index is -0.0830. The van der Waals surface area contributed by atoms with Gasteiger partial charge in [-0.25, -0.2) is 0 Å². The average molecular weight is 451 g/mol. The molecule has 0 aliphatic carbocycles. The zero-order valence-corrected chi connectivity index (χ0v) is 18.8. The monoisotopic (exact) mass is 450 g/mol. The molecule has 2 aliphatic heterocycles. The lowest BCUT2D eigenvalue weighted by Gasteiger charge is -2.36. The molecule has 2 aromatic rings. The van der Waals surface area contributed by atoms with Crippen LogP contribution in [-0.4, -0.2) is 56.7 Å². The Morgan fingerprint density at radius 3 is 2.75 bits per heavy atom. The predicted molar refractivity (Wildman–Crippen MR) is 127 cm³/mol. The van der Waals surface area contributed by atoms with Crippen molar-refractivity contribution in [3.05, 3.63) is 64.2 Å². The summed E-state index contributed by atoms with van der Waals surface area (Å²) in [6.45, 7) is 5.76. The van der Waals surface area contributed by atoms with Gasteiger partial charge in [0.1, 0.15) is 18.4 Å². The van der Waals surface area contributed by atoms with Crippen LogP contribution in [-0.2, 0) is 4.79 Å². The number of fused-ring (bicyclic) bond motifs is 1. The molecule has 1 fully saturated rings. The molecule has 4 rings (SSSR count). The Bertz CT molecular complexity index is 1040. The first kappa shape index (κ1) is 22.2. The van der Waals surface area contributed by atoms with Gasteiger partial charge in [-0.3, -0.25) is 9.69 Å². The molecule has 0 unspecified atom stereocenters. The highest BCUT2D eigenvalue weighted by atomic mass is 35.5. The van der Waals surface area contributed by atoms with Gasteiger partial charge in [0.25, 0.3) is 5.91 Å². The van der Waals surface area contributed by atoms with E-state index in [1.165, 1.54) is 0 Å². The number of unbranched alkanes of at least 4 members (excludes halogenated alkanes) is 1. The van der Waals surface area contributed by atoms with Crippen LogP contribution < -0.4 is 15.0 Å². The Kier molecular flexibility index (Phi) is 7.31. The molecule has 2 heterocycles. The molecular weight excluding hydrogens is 424 g/mol. The third-order valence-corrected chi connectivity index (χ3v) is 6.14. The first-order valence-electron chi connectivity index (χ1n) is 11.0. The molecule has 0 radical (unpaired) electrons. The standard InChI is InChI=1S/C25H27ClN4O2/c26-22-7-8-24-20(16-22)15-21(18-32-24)25(31)28-9-3-4-10-29-11-13-30(14-12-29)23-6-2-1-5-19(23)17-27/h1-2,5-8,15-16H,3-4,9-14,18H2,(H,28,31). The lowest BCUT2D eigenvalue weighted by molar-refractivity contribution is -0.117. The highest BCUT2D eigenvalue weighted by molar-refractivity contribution is 6.30. The molecule has 1 saturated heterocycles. The molecule has 32 heavy (non-hydrogen) atoms. The molecular formula is C25H27ClN4O2. The number of nitriles is 1. The van der Waals surface area contributed by atoms with Crippen LogP contribution in [0.3, 0.4) is 0 Å². The van der Waals surface area contributed by atoms with E-state index < -0.39 is 0 Å². The van der Waals surface area contributed by atoms with Gasteiger partial charge >= 0.3 is 0 Å². The van der Waals surface area contributed by atoms with Crippen molar-refractivity contribution in [2.45, 2.75) is 12.8 Å². The molecule has 7 heteroatoms. The van der Waals surface area contributed by atoms with E-state index in [4.69, 9.17) is 16.3 Å². The lowest BCUT2D eigenvalue weighted by atomic mass is 10.1. The van der Waals surface area contributed by atoms with Gasteiger partial charge < -0.3 is 15.0 Å². The second-order valence-electron chi connectivity index (χ2n) is 8.06. The molecule has 0 spiro atoms. The van der Waals surface area contributed by atoms with Crippen LogP contribution in [0.25, 0.3) is 6.08 Å². The van der Waals surface area contributed by atoms with Crippen molar-refractivity contribution in [1.29, 1.82) is 5.26 Å². The van der Waals surface area contributed by atoms with Gasteiger partial charge in [0.05, 0.1) is 16.8 Å². The van der Waals surface area contributed by atoms with Gasteiger partial charge in [-0.1, -0.05) is 23.7 Å². The summed E-state index contributed by atoms with van der Waals surface area (Å²) in [6.07, 6.45) is 3.81. The predicted octanol–water partition coefficient (Wildman–Crippen LogP) is 3.71. The van der Waals surface area contributed by atoms with Crippen LogP contribution in [0.2, 0.25) is 5.02 Å². The van der Waals surface area contributed by atoms with E-state index in [1.807, 2.05) is 42.5 Å². The van der Waals surface area contributed by atoms with Gasteiger partial charge in [-0.15, -0.1) is 0 Å². The topological polar surface area (TPSA) is 68.6 Å². The Morgan fingerprint density at radius 2 is 1.94 bits per heavy atom. The molecule has 2 aromatic carbocycles. The zero-order valence-electron chi connectivity index (χ0n) is 18.0. The number of carbonyl (C=O) groups is 1. The van der Waals surface area contributed by atoms with Crippen molar-refractivity contribution in [2.75, 3.05) is 50.8 Å². The number of nitrogens with one attached hydrogen (secondary N) is 1. The maximum absolute atomic E-state index is 12.4. The number of ether oxygens (including phenoxy) is 1. The van der Waals surface area contributed by atoms with Gasteiger partial charge in [0, 0.05) is 43.3 Å². The number of para-hydroxylation sites is 1. The molecule has 0 bridgehead atoms. The number of halogens is 1. The molecule has 1 N–H and O–H groups in total. The van der Waals surface area contributed by atoms with Gasteiger partial charge in [-0.05, 0) is 55.8 Å². The Balaban J connectivity index is 1.15. The summed E-state index contributed by atoms with van der Waals surface area (Å²) in [7, 11) is 0. The highest BCUT2D eigenvalue weighted by Gasteiger charge is 2.19. The quantitative estimate of drug-likeness (QED) is 0.651. The Morgan fingerprint density at radius 1 is 1.12 bits per heavy atom. The number of rotatable bonds is 7. The first-order valence-corrected chi connectivity index (χ1v) is 11.4. The molecule has 0 saturated carbocycles. The number of hydrogen-bond acceptors (Lipinski definition) is 5. The van der Waals surface area contributed by atoms with E-state index >= 15 is 0 Å². The summed E-state index contributed by atoms with van der Waals surface area (Å²) in [4.78, 5) is 17.2. The second-order valence-corrected chi connectivity index (χ2v) is 8.50. The summed E-state index contributed by atoms with van der Waals surface area (Å²) in [5, 5.41) is 12.9. The van der Waals surface area contributed by atoms with E-state index in [1.54, 1.807) is 6.07 Å². The normalized spacial score (nSPS) is 15.9. The average Bonchev–Trinajstić information content (AvgIpc) is 2.83. The summed E-state index contributed by atoms with van der Waals surface area (Å²) >= 11 is 6.03. The van der Waals surface area contributed by atoms with E-state index in [2.05, 4.69) is 21.2 Å². The van der Waals surface area contributed by atoms with Gasteiger partial charge in [0.2, 0.25) is 0 Å². The van der Waals surface area contributed by atoms with Crippen LogP contribution >= 0.6 is 11.6 Å². The zero-order chi connectivity index (χ0) is 22.3. The van der Waals surface area contributed by atoms with E-state index in [-0.39, 0.29) is 12.5 Å². The number of anilines is 1. The second kappa shape index (κ2) is 10.5. The maximum atomic E-state index is 12.4. The molecule has 0 atom stereocenters. The van der Waals surface area contributed by atoms with Crippen LogP contribution in [0, 0.1) is 11.3 Å². The number of amides is 1. The summed E-state index contributed by atoms with van der Waals surface area (Å²) in [5.41, 5.74) is 3.23. The van der Waals surface area contributed by atoms with Gasteiger partial charge in [-0.2, -0.15) is 5.26 Å². The number of piperazine rings is 1. The molecule has 1 amide bonds. The van der Waals surface area contributed by atoms with Crippen molar-refractivity contribution in [3.63, 3.8) is 0 Å². The van der Waals surface area contributed by atoms with E-state index in [9.17, 15) is 10.1 Å². The fourth-order valence-corrected chi connectivity index (χ4v) is 4.29. The third-order valence-electron chi connectivity index (χ3n) is 5.90. The molecule has 166 valence electrons. The smallest absolute Gasteiger partial charge is 0.250 e. The minimum Gasteiger partial charge on any atom is -0.488 e. The van der Waals surface area contributed by atoms with Crippen molar-refractivity contribution < 1.29 is 9.53 Å². The fraction of sp³-hybridized carbons (Fsp3) is 0.360. The van der Waals surface area contributed by atoms with Crippen molar-refractivity contribution in [2.24, 2.45) is 0 Å². The van der Waals surface area contributed by atoms with Gasteiger partial charge in [0.15, 0.2) is 0 Å².